The maximum Gasteiger partial charge on any atom is 0.307 e. The molecular formula is C34H54O8. The number of carboxylic acids is 2. The molecule has 8 nitrogen and oxygen atoms in total. The van der Waals surface area contributed by atoms with Crippen LogP contribution in [0.25, 0.3) is 0 Å². The summed E-state index contributed by atoms with van der Waals surface area (Å²) < 4.78 is 10.4. The Labute approximate surface area is 252 Å². The topological polar surface area (TPSA) is 127 Å². The minimum absolute atomic E-state index is 0.0166. The van der Waals surface area contributed by atoms with Crippen molar-refractivity contribution in [3.8, 4) is 0 Å². The molecule has 42 heavy (non-hydrogen) atoms. The summed E-state index contributed by atoms with van der Waals surface area (Å²) in [5, 5.41) is 18.5. The number of esters is 2. The van der Waals surface area contributed by atoms with Crippen LogP contribution in [-0.2, 0) is 35.1 Å². The van der Waals surface area contributed by atoms with Crippen LogP contribution in [0, 0.1) is 17.8 Å². The molecule has 0 radical (unpaired) electrons. The van der Waals surface area contributed by atoms with Gasteiger partial charge in [-0.25, -0.2) is 0 Å². The molecule has 0 aromatic heterocycles. The van der Waals surface area contributed by atoms with Crippen LogP contribution < -0.4 is 0 Å². The van der Waals surface area contributed by atoms with Gasteiger partial charge < -0.3 is 19.7 Å². The molecule has 0 aliphatic heterocycles. The van der Waals surface area contributed by atoms with Crippen molar-refractivity contribution in [2.45, 2.75) is 136 Å². The molecular weight excluding hydrogens is 536 g/mol. The zero-order valence-corrected chi connectivity index (χ0v) is 26.7. The van der Waals surface area contributed by atoms with Crippen LogP contribution in [0.1, 0.15) is 124 Å². The Bertz CT molecular complexity index is 952. The summed E-state index contributed by atoms with van der Waals surface area (Å²) in [5.41, 5.74) is 0.0470. The maximum atomic E-state index is 11.8. The molecule has 8 heteroatoms. The van der Waals surface area contributed by atoms with Gasteiger partial charge in [0.2, 0.25) is 0 Å². The SMILES string of the molecule is CC(C)(C)OC(=O)C[C@@H](CCCC1CCCCC1)C(=O)O.CC(C)(C)OC(=O)C[C@@H](CCCc1ccccc1)C(=O)O. The van der Waals surface area contributed by atoms with Crippen molar-refractivity contribution in [2.24, 2.45) is 17.8 Å². The molecule has 2 atom stereocenters. The molecule has 0 saturated heterocycles. The number of hydrogen-bond donors (Lipinski definition) is 2. The molecule has 1 aromatic rings. The van der Waals surface area contributed by atoms with E-state index >= 15 is 0 Å². The summed E-state index contributed by atoms with van der Waals surface area (Å²) in [6, 6.07) is 9.91. The number of benzene rings is 1. The lowest BCUT2D eigenvalue weighted by atomic mass is 9.84. The fourth-order valence-corrected chi connectivity index (χ4v) is 5.12. The molecule has 1 saturated carbocycles. The van der Waals surface area contributed by atoms with Gasteiger partial charge in [-0.3, -0.25) is 19.2 Å². The van der Waals surface area contributed by atoms with E-state index in [-0.39, 0.29) is 12.8 Å². The molecule has 1 aliphatic rings. The highest BCUT2D eigenvalue weighted by atomic mass is 16.6. The standard InChI is InChI=1S/C17H30O4.C17H24O4/c2*1-17(2,3)21-15(18)12-14(16(19)20)11-7-10-13-8-5-4-6-9-13/h13-14H,4-12H2,1-3H3,(H,19,20);4-6,8-9,14H,7,10-12H2,1-3H3,(H,19,20)/t2*14-/m11/s1. The van der Waals surface area contributed by atoms with Crippen LogP contribution in [-0.4, -0.2) is 45.3 Å². The quantitative estimate of drug-likeness (QED) is 0.212. The zero-order valence-electron chi connectivity index (χ0n) is 26.7. The fourth-order valence-electron chi connectivity index (χ4n) is 5.12. The van der Waals surface area contributed by atoms with Gasteiger partial charge >= 0.3 is 23.9 Å². The molecule has 1 fully saturated rings. The second kappa shape index (κ2) is 18.6. The second-order valence-electron chi connectivity index (χ2n) is 13.5. The number of aryl methyl sites for hydroxylation is 1. The summed E-state index contributed by atoms with van der Waals surface area (Å²) in [6.45, 7) is 10.7. The lowest BCUT2D eigenvalue weighted by Crippen LogP contribution is -2.27. The van der Waals surface area contributed by atoms with Crippen LogP contribution >= 0.6 is 0 Å². The molecule has 0 bridgehead atoms. The van der Waals surface area contributed by atoms with Gasteiger partial charge in [-0.2, -0.15) is 0 Å². The van der Waals surface area contributed by atoms with E-state index in [0.29, 0.717) is 12.8 Å². The van der Waals surface area contributed by atoms with Crippen molar-refractivity contribution >= 4 is 23.9 Å². The Balaban J connectivity index is 0.000000420. The zero-order chi connectivity index (χ0) is 31.8. The van der Waals surface area contributed by atoms with Crippen molar-refractivity contribution < 1.29 is 38.9 Å². The molecule has 1 aromatic carbocycles. The van der Waals surface area contributed by atoms with Gasteiger partial charge in [0.15, 0.2) is 0 Å². The fraction of sp³-hybridized carbons (Fsp3) is 0.706. The highest BCUT2D eigenvalue weighted by molar-refractivity contribution is 5.79. The average molecular weight is 591 g/mol. The lowest BCUT2D eigenvalue weighted by Gasteiger charge is -2.23. The van der Waals surface area contributed by atoms with E-state index in [2.05, 4.69) is 0 Å². The van der Waals surface area contributed by atoms with Gasteiger partial charge in [0.1, 0.15) is 11.2 Å². The minimum Gasteiger partial charge on any atom is -0.481 e. The van der Waals surface area contributed by atoms with E-state index in [1.807, 2.05) is 30.3 Å². The second-order valence-corrected chi connectivity index (χ2v) is 13.5. The molecule has 0 amide bonds. The van der Waals surface area contributed by atoms with Crippen molar-refractivity contribution in [3.05, 3.63) is 35.9 Å². The number of carboxylic acid groups (broad SMARTS) is 2. The molecule has 0 spiro atoms. The van der Waals surface area contributed by atoms with Crippen molar-refractivity contribution in [1.29, 1.82) is 0 Å². The van der Waals surface area contributed by atoms with Crippen molar-refractivity contribution in [1.82, 2.24) is 0 Å². The van der Waals surface area contributed by atoms with E-state index in [1.54, 1.807) is 41.5 Å². The Morgan fingerprint density at radius 2 is 1.19 bits per heavy atom. The summed E-state index contributed by atoms with van der Waals surface area (Å²) in [4.78, 5) is 46.0. The van der Waals surface area contributed by atoms with Gasteiger partial charge in [0, 0.05) is 0 Å². The van der Waals surface area contributed by atoms with Crippen molar-refractivity contribution in [2.75, 3.05) is 0 Å². The highest BCUT2D eigenvalue weighted by Crippen LogP contribution is 2.29. The summed E-state index contributed by atoms with van der Waals surface area (Å²) in [5.74, 6) is -3.21. The van der Waals surface area contributed by atoms with E-state index in [1.165, 1.54) is 37.7 Å². The minimum atomic E-state index is -0.936. The summed E-state index contributed by atoms with van der Waals surface area (Å²) in [7, 11) is 0. The molecule has 2 rings (SSSR count). The number of aliphatic carboxylic acids is 2. The third-order valence-electron chi connectivity index (χ3n) is 7.12. The first-order valence-corrected chi connectivity index (χ1v) is 15.5. The highest BCUT2D eigenvalue weighted by Gasteiger charge is 2.26. The molecule has 0 heterocycles. The van der Waals surface area contributed by atoms with Crippen LogP contribution in [0.4, 0.5) is 0 Å². The predicted octanol–water partition coefficient (Wildman–Crippen LogP) is 7.61. The van der Waals surface area contributed by atoms with E-state index < -0.39 is 46.9 Å². The first kappa shape index (κ1) is 37.1. The molecule has 0 unspecified atom stereocenters. The predicted molar refractivity (Wildman–Crippen MR) is 163 cm³/mol. The van der Waals surface area contributed by atoms with E-state index in [9.17, 15) is 29.4 Å². The average Bonchev–Trinajstić information content (AvgIpc) is 2.87. The lowest BCUT2D eigenvalue weighted by molar-refractivity contribution is -0.160. The van der Waals surface area contributed by atoms with Gasteiger partial charge in [0.05, 0.1) is 24.7 Å². The molecule has 2 N–H and O–H groups in total. The van der Waals surface area contributed by atoms with Crippen LogP contribution in [0.5, 0.6) is 0 Å². The normalized spacial score (nSPS) is 15.5. The summed E-state index contributed by atoms with van der Waals surface area (Å²) >= 11 is 0. The smallest absolute Gasteiger partial charge is 0.307 e. The van der Waals surface area contributed by atoms with Crippen LogP contribution in [0.3, 0.4) is 0 Å². The maximum absolute atomic E-state index is 11.8. The number of rotatable bonds is 14. The largest absolute Gasteiger partial charge is 0.481 e. The Morgan fingerprint density at radius 3 is 1.62 bits per heavy atom. The number of hydrogen-bond acceptors (Lipinski definition) is 6. The Hall–Kier alpha value is -2.90. The molecule has 1 aliphatic carbocycles. The van der Waals surface area contributed by atoms with Gasteiger partial charge in [-0.05, 0) is 78.7 Å². The van der Waals surface area contributed by atoms with Crippen molar-refractivity contribution in [3.63, 3.8) is 0 Å². The first-order valence-electron chi connectivity index (χ1n) is 15.5. The number of ether oxygens (including phenoxy) is 2. The molecule has 238 valence electrons. The third kappa shape index (κ3) is 18.5. The summed E-state index contributed by atoms with van der Waals surface area (Å²) in [6.07, 6.45) is 11.0. The number of carbonyl (C=O) groups excluding carboxylic acids is 2. The number of carbonyl (C=O) groups is 4. The van der Waals surface area contributed by atoms with Gasteiger partial charge in [-0.15, -0.1) is 0 Å². The monoisotopic (exact) mass is 590 g/mol. The third-order valence-corrected chi connectivity index (χ3v) is 7.12. The Kier molecular flexibility index (Phi) is 16.4. The Morgan fingerprint density at radius 1 is 0.738 bits per heavy atom. The van der Waals surface area contributed by atoms with Crippen LogP contribution in [0.2, 0.25) is 0 Å². The first-order chi connectivity index (χ1) is 19.6. The van der Waals surface area contributed by atoms with E-state index in [4.69, 9.17) is 9.47 Å². The van der Waals surface area contributed by atoms with Gasteiger partial charge in [0.25, 0.3) is 0 Å². The van der Waals surface area contributed by atoms with E-state index in [0.717, 1.165) is 31.6 Å². The van der Waals surface area contributed by atoms with Gasteiger partial charge in [-0.1, -0.05) is 75.3 Å². The van der Waals surface area contributed by atoms with Crippen LogP contribution in [0.15, 0.2) is 30.3 Å².